The van der Waals surface area contributed by atoms with E-state index in [4.69, 9.17) is 4.74 Å². The van der Waals surface area contributed by atoms with Gasteiger partial charge in [0.2, 0.25) is 0 Å². The molecule has 1 aromatic carbocycles. The Morgan fingerprint density at radius 1 is 1.18 bits per heavy atom. The highest BCUT2D eigenvalue weighted by molar-refractivity contribution is 5.24. The van der Waals surface area contributed by atoms with Crippen LogP contribution in [-0.2, 0) is 0 Å². The van der Waals surface area contributed by atoms with Crippen LogP contribution < -0.4 is 10.1 Å². The van der Waals surface area contributed by atoms with Crippen molar-refractivity contribution in [2.24, 2.45) is 0 Å². The van der Waals surface area contributed by atoms with E-state index < -0.39 is 24.4 Å². The van der Waals surface area contributed by atoms with Gasteiger partial charge >= 0.3 is 6.18 Å². The molecule has 0 amide bonds. The molecule has 0 spiro atoms. The largest absolute Gasteiger partial charge is 0.489 e. The summed E-state index contributed by atoms with van der Waals surface area (Å²) in [5.74, 6) is -1.76. The molecule has 96 valence electrons. The van der Waals surface area contributed by atoms with Crippen LogP contribution in [0.15, 0.2) is 18.2 Å². The molecule has 0 aromatic heterocycles. The summed E-state index contributed by atoms with van der Waals surface area (Å²) in [7, 11) is 0. The molecule has 2 nitrogen and oxygen atoms in total. The first kappa shape index (κ1) is 13.7. The van der Waals surface area contributed by atoms with E-state index in [1.165, 1.54) is 0 Å². The highest BCUT2D eigenvalue weighted by Gasteiger charge is 2.25. The molecule has 0 aliphatic carbocycles. The van der Waals surface area contributed by atoms with E-state index >= 15 is 0 Å². The van der Waals surface area contributed by atoms with Gasteiger partial charge in [-0.05, 0) is 12.1 Å². The highest BCUT2D eigenvalue weighted by Crippen LogP contribution is 2.17. The SMILES string of the molecule is Fc1ccc(F)c(OCCNCC(F)(F)F)c1. The maximum absolute atomic E-state index is 13.0. The molecule has 0 aliphatic rings. The molecule has 17 heavy (non-hydrogen) atoms. The molecule has 1 N–H and O–H groups in total. The lowest BCUT2D eigenvalue weighted by Gasteiger charge is -2.09. The zero-order chi connectivity index (χ0) is 12.9. The fourth-order valence-corrected chi connectivity index (χ4v) is 1.05. The maximum atomic E-state index is 13.0. The molecule has 1 rings (SSSR count). The predicted molar refractivity (Wildman–Crippen MR) is 50.8 cm³/mol. The minimum absolute atomic E-state index is 0.116. The number of nitrogens with one attached hydrogen (secondary N) is 1. The lowest BCUT2D eigenvalue weighted by molar-refractivity contribution is -0.124. The molecule has 0 bridgehead atoms. The summed E-state index contributed by atoms with van der Waals surface area (Å²) in [6.45, 7) is -1.45. The van der Waals surface area contributed by atoms with Crippen LogP contribution in [0.3, 0.4) is 0 Å². The number of halogens is 5. The van der Waals surface area contributed by atoms with Crippen molar-refractivity contribution < 1.29 is 26.7 Å². The van der Waals surface area contributed by atoms with E-state index in [1.807, 2.05) is 0 Å². The van der Waals surface area contributed by atoms with Gasteiger partial charge in [0.15, 0.2) is 11.6 Å². The molecule has 0 saturated heterocycles. The average molecular weight is 255 g/mol. The third-order valence-corrected chi connectivity index (χ3v) is 1.76. The van der Waals surface area contributed by atoms with Crippen LogP contribution in [0, 0.1) is 11.6 Å². The molecule has 7 heteroatoms. The van der Waals surface area contributed by atoms with Crippen molar-refractivity contribution in [1.82, 2.24) is 5.32 Å². The van der Waals surface area contributed by atoms with Crippen LogP contribution in [0.5, 0.6) is 5.75 Å². The Hall–Kier alpha value is -1.37. The monoisotopic (exact) mass is 255 g/mol. The van der Waals surface area contributed by atoms with Crippen molar-refractivity contribution in [3.05, 3.63) is 29.8 Å². The summed E-state index contributed by atoms with van der Waals surface area (Å²) in [5.41, 5.74) is 0. The summed E-state index contributed by atoms with van der Waals surface area (Å²) in [6.07, 6.45) is -4.30. The molecule has 0 heterocycles. The van der Waals surface area contributed by atoms with Crippen LogP contribution in [0.4, 0.5) is 22.0 Å². The van der Waals surface area contributed by atoms with Gasteiger partial charge in [0.25, 0.3) is 0 Å². The Bertz CT molecular complexity index is 366. The second-order valence-electron chi connectivity index (χ2n) is 3.22. The van der Waals surface area contributed by atoms with Gasteiger partial charge in [0.05, 0.1) is 6.54 Å². The first-order chi connectivity index (χ1) is 7.88. The Morgan fingerprint density at radius 3 is 2.53 bits per heavy atom. The minimum Gasteiger partial charge on any atom is -0.489 e. The Kier molecular flexibility index (Phi) is 4.68. The zero-order valence-corrected chi connectivity index (χ0v) is 8.65. The van der Waals surface area contributed by atoms with Crippen LogP contribution >= 0.6 is 0 Å². The van der Waals surface area contributed by atoms with Gasteiger partial charge in [-0.25, -0.2) is 8.78 Å². The lowest BCUT2D eigenvalue weighted by Crippen LogP contribution is -2.31. The van der Waals surface area contributed by atoms with E-state index in [2.05, 4.69) is 5.32 Å². The number of alkyl halides is 3. The van der Waals surface area contributed by atoms with E-state index in [1.54, 1.807) is 0 Å². The van der Waals surface area contributed by atoms with Crippen molar-refractivity contribution in [1.29, 1.82) is 0 Å². The summed E-state index contributed by atoms with van der Waals surface area (Å²) in [5, 5.41) is 2.06. The fourth-order valence-electron chi connectivity index (χ4n) is 1.05. The number of hydrogen-bond donors (Lipinski definition) is 1. The lowest BCUT2D eigenvalue weighted by atomic mass is 10.3. The third-order valence-electron chi connectivity index (χ3n) is 1.76. The minimum atomic E-state index is -4.30. The van der Waals surface area contributed by atoms with Crippen LogP contribution in [0.2, 0.25) is 0 Å². The fraction of sp³-hybridized carbons (Fsp3) is 0.400. The number of ether oxygens (including phenoxy) is 1. The summed E-state index contributed by atoms with van der Waals surface area (Å²) < 4.78 is 65.6. The molecule has 0 atom stereocenters. The first-order valence-corrected chi connectivity index (χ1v) is 4.74. The Morgan fingerprint density at radius 2 is 1.88 bits per heavy atom. The van der Waals surface area contributed by atoms with Crippen LogP contribution in [0.25, 0.3) is 0 Å². The highest BCUT2D eigenvalue weighted by atomic mass is 19.4. The Balaban J connectivity index is 2.29. The zero-order valence-electron chi connectivity index (χ0n) is 8.65. The van der Waals surface area contributed by atoms with E-state index in [9.17, 15) is 22.0 Å². The van der Waals surface area contributed by atoms with E-state index in [0.29, 0.717) is 0 Å². The molecule has 1 aromatic rings. The second kappa shape index (κ2) is 5.81. The average Bonchev–Trinajstić information content (AvgIpc) is 2.21. The van der Waals surface area contributed by atoms with Crippen molar-refractivity contribution in [3.63, 3.8) is 0 Å². The van der Waals surface area contributed by atoms with Gasteiger partial charge in [0.1, 0.15) is 12.4 Å². The molecule has 0 saturated carbocycles. The van der Waals surface area contributed by atoms with Gasteiger partial charge in [0, 0.05) is 12.6 Å². The molecular formula is C10H10F5NO. The topological polar surface area (TPSA) is 21.3 Å². The van der Waals surface area contributed by atoms with E-state index in [0.717, 1.165) is 18.2 Å². The standard InChI is InChI=1S/C10H10F5NO/c11-7-1-2-8(12)9(5-7)17-4-3-16-6-10(13,14)15/h1-2,5,16H,3-4,6H2. The molecule has 0 aliphatic heterocycles. The van der Waals surface area contributed by atoms with Crippen molar-refractivity contribution >= 4 is 0 Å². The van der Waals surface area contributed by atoms with Gasteiger partial charge < -0.3 is 10.1 Å². The first-order valence-electron chi connectivity index (χ1n) is 4.74. The number of hydrogen-bond acceptors (Lipinski definition) is 2. The molecule has 0 fully saturated rings. The van der Waals surface area contributed by atoms with E-state index in [-0.39, 0.29) is 18.9 Å². The van der Waals surface area contributed by atoms with Crippen molar-refractivity contribution in [2.75, 3.05) is 19.7 Å². The summed E-state index contributed by atoms with van der Waals surface area (Å²) >= 11 is 0. The summed E-state index contributed by atoms with van der Waals surface area (Å²) in [6, 6.07) is 2.64. The molecule has 0 radical (unpaired) electrons. The number of benzene rings is 1. The third kappa shape index (κ3) is 5.48. The predicted octanol–water partition coefficient (Wildman–Crippen LogP) is 2.50. The summed E-state index contributed by atoms with van der Waals surface area (Å²) in [4.78, 5) is 0. The normalized spacial score (nSPS) is 11.6. The van der Waals surface area contributed by atoms with Crippen molar-refractivity contribution in [2.45, 2.75) is 6.18 Å². The molecule has 0 unspecified atom stereocenters. The Labute approximate surface area is 94.4 Å². The van der Waals surface area contributed by atoms with Gasteiger partial charge in [-0.1, -0.05) is 0 Å². The quantitative estimate of drug-likeness (QED) is 0.644. The maximum Gasteiger partial charge on any atom is 0.401 e. The van der Waals surface area contributed by atoms with Gasteiger partial charge in [-0.3, -0.25) is 0 Å². The van der Waals surface area contributed by atoms with Gasteiger partial charge in [-0.2, -0.15) is 13.2 Å². The molecular weight excluding hydrogens is 245 g/mol. The smallest absolute Gasteiger partial charge is 0.401 e. The van der Waals surface area contributed by atoms with Crippen LogP contribution in [-0.4, -0.2) is 25.9 Å². The second-order valence-corrected chi connectivity index (χ2v) is 3.22. The number of rotatable bonds is 5. The van der Waals surface area contributed by atoms with Crippen LogP contribution in [0.1, 0.15) is 0 Å². The van der Waals surface area contributed by atoms with Crippen molar-refractivity contribution in [3.8, 4) is 5.75 Å². The van der Waals surface area contributed by atoms with Gasteiger partial charge in [-0.15, -0.1) is 0 Å².